The number of aromatic nitrogens is 2. The Kier molecular flexibility index (Phi) is 4.52. The second kappa shape index (κ2) is 5.68. The normalized spacial score (nSPS) is 10.8. The fourth-order valence-corrected chi connectivity index (χ4v) is 1.60. The molecule has 16 heavy (non-hydrogen) atoms. The van der Waals surface area contributed by atoms with Gasteiger partial charge in [-0.1, -0.05) is 20.8 Å². The maximum Gasteiger partial charge on any atom is 0.135 e. The summed E-state index contributed by atoms with van der Waals surface area (Å²) in [5.74, 6) is 2.64. The summed E-state index contributed by atoms with van der Waals surface area (Å²) in [5, 5.41) is 0. The Balaban J connectivity index is 3.02. The molecular weight excluding hydrogens is 200 g/mol. The van der Waals surface area contributed by atoms with Gasteiger partial charge in [-0.3, -0.25) is 0 Å². The highest BCUT2D eigenvalue weighted by Gasteiger charge is 2.10. The number of hydrogen-bond donors (Lipinski definition) is 1. The molecule has 4 nitrogen and oxygen atoms in total. The first-order chi connectivity index (χ1) is 7.58. The number of nitrogens with zero attached hydrogens (tertiary/aromatic N) is 3. The van der Waals surface area contributed by atoms with E-state index in [1.165, 1.54) is 0 Å². The molecule has 4 heteroatoms. The zero-order valence-corrected chi connectivity index (χ0v) is 10.7. The van der Waals surface area contributed by atoms with Crippen molar-refractivity contribution in [2.75, 3.05) is 23.7 Å². The van der Waals surface area contributed by atoms with Crippen molar-refractivity contribution in [1.29, 1.82) is 0 Å². The summed E-state index contributed by atoms with van der Waals surface area (Å²) in [6.07, 6.45) is 1.11. The van der Waals surface area contributed by atoms with Crippen molar-refractivity contribution < 1.29 is 0 Å². The van der Waals surface area contributed by atoms with Gasteiger partial charge in [0, 0.05) is 25.1 Å². The highest BCUT2D eigenvalue weighted by molar-refractivity contribution is 5.47. The molecule has 0 unspecified atom stereocenters. The maximum absolute atomic E-state index is 5.81. The van der Waals surface area contributed by atoms with Gasteiger partial charge in [-0.2, -0.15) is 0 Å². The van der Waals surface area contributed by atoms with E-state index in [-0.39, 0.29) is 0 Å². The minimum absolute atomic E-state index is 0.308. The second-order valence-electron chi connectivity index (χ2n) is 4.24. The molecule has 1 rings (SSSR count). The molecule has 0 bridgehead atoms. The quantitative estimate of drug-likeness (QED) is 0.831. The smallest absolute Gasteiger partial charge is 0.135 e. The van der Waals surface area contributed by atoms with Crippen LogP contribution in [0, 0.1) is 0 Å². The van der Waals surface area contributed by atoms with Gasteiger partial charge in [0.25, 0.3) is 0 Å². The Morgan fingerprint density at radius 3 is 2.50 bits per heavy atom. The summed E-state index contributed by atoms with van der Waals surface area (Å²) in [6.45, 7) is 10.4. The van der Waals surface area contributed by atoms with E-state index in [1.807, 2.05) is 6.07 Å². The van der Waals surface area contributed by atoms with Crippen LogP contribution in [0.25, 0.3) is 0 Å². The summed E-state index contributed by atoms with van der Waals surface area (Å²) in [5.41, 5.74) is 5.81. The molecule has 0 saturated heterocycles. The van der Waals surface area contributed by atoms with Crippen LogP contribution in [-0.4, -0.2) is 23.1 Å². The molecule has 0 radical (unpaired) electrons. The lowest BCUT2D eigenvalue weighted by atomic mass is 10.2. The SMILES string of the molecule is CCCN(CC)c1cc(N)nc(C(C)C)n1. The van der Waals surface area contributed by atoms with Crippen molar-refractivity contribution in [3.63, 3.8) is 0 Å². The molecule has 90 valence electrons. The first-order valence-electron chi connectivity index (χ1n) is 5.97. The molecule has 0 aromatic carbocycles. The molecule has 1 aromatic rings. The molecule has 0 amide bonds. The topological polar surface area (TPSA) is 55.0 Å². The fourth-order valence-electron chi connectivity index (χ4n) is 1.60. The van der Waals surface area contributed by atoms with Gasteiger partial charge >= 0.3 is 0 Å². The summed E-state index contributed by atoms with van der Waals surface area (Å²) >= 11 is 0. The van der Waals surface area contributed by atoms with Crippen molar-refractivity contribution in [2.24, 2.45) is 0 Å². The van der Waals surface area contributed by atoms with Crippen molar-refractivity contribution in [3.8, 4) is 0 Å². The van der Waals surface area contributed by atoms with E-state index in [1.54, 1.807) is 0 Å². The molecule has 0 aliphatic heterocycles. The molecule has 1 heterocycles. The molecular formula is C12H22N4. The Hall–Kier alpha value is -1.32. The maximum atomic E-state index is 5.81. The number of rotatable bonds is 5. The lowest BCUT2D eigenvalue weighted by Crippen LogP contribution is -2.25. The average molecular weight is 222 g/mol. The lowest BCUT2D eigenvalue weighted by Gasteiger charge is -2.22. The highest BCUT2D eigenvalue weighted by Crippen LogP contribution is 2.18. The Labute approximate surface area is 97.9 Å². The standard InChI is InChI=1S/C12H22N4/c1-5-7-16(6-2)11-8-10(13)14-12(15-11)9(3)4/h8-9H,5-7H2,1-4H3,(H2,13,14,15). The van der Waals surface area contributed by atoms with Crippen molar-refractivity contribution in [3.05, 3.63) is 11.9 Å². The van der Waals surface area contributed by atoms with Gasteiger partial charge in [0.05, 0.1) is 0 Å². The Morgan fingerprint density at radius 2 is 2.00 bits per heavy atom. The number of nitrogens with two attached hydrogens (primary N) is 1. The van der Waals surface area contributed by atoms with E-state index in [2.05, 4.69) is 42.6 Å². The summed E-state index contributed by atoms with van der Waals surface area (Å²) < 4.78 is 0. The molecule has 0 fully saturated rings. The van der Waals surface area contributed by atoms with Crippen LogP contribution in [0.15, 0.2) is 6.07 Å². The van der Waals surface area contributed by atoms with Crippen LogP contribution in [-0.2, 0) is 0 Å². The third kappa shape index (κ3) is 3.08. The van der Waals surface area contributed by atoms with Gasteiger partial charge in [0.15, 0.2) is 0 Å². The summed E-state index contributed by atoms with van der Waals surface area (Å²) in [6, 6.07) is 1.85. The zero-order valence-electron chi connectivity index (χ0n) is 10.7. The first-order valence-corrected chi connectivity index (χ1v) is 5.97. The van der Waals surface area contributed by atoms with Gasteiger partial charge < -0.3 is 10.6 Å². The van der Waals surface area contributed by atoms with Crippen LogP contribution < -0.4 is 10.6 Å². The van der Waals surface area contributed by atoms with Gasteiger partial charge in [-0.25, -0.2) is 9.97 Å². The van der Waals surface area contributed by atoms with Crippen molar-refractivity contribution in [2.45, 2.75) is 40.0 Å². The average Bonchev–Trinajstić information content (AvgIpc) is 2.24. The van der Waals surface area contributed by atoms with Gasteiger partial charge in [-0.15, -0.1) is 0 Å². The van der Waals surface area contributed by atoms with Crippen LogP contribution >= 0.6 is 0 Å². The van der Waals surface area contributed by atoms with Crippen LogP contribution in [0.3, 0.4) is 0 Å². The van der Waals surface area contributed by atoms with Gasteiger partial charge in [-0.05, 0) is 13.3 Å². The van der Waals surface area contributed by atoms with Crippen LogP contribution in [0.5, 0.6) is 0 Å². The van der Waals surface area contributed by atoms with E-state index in [0.717, 1.165) is 31.2 Å². The molecule has 0 aliphatic rings. The molecule has 1 aromatic heterocycles. The van der Waals surface area contributed by atoms with E-state index < -0.39 is 0 Å². The molecule has 0 saturated carbocycles. The highest BCUT2D eigenvalue weighted by atomic mass is 15.2. The third-order valence-corrected chi connectivity index (χ3v) is 2.47. The zero-order chi connectivity index (χ0) is 12.1. The molecule has 0 aliphatic carbocycles. The van der Waals surface area contributed by atoms with E-state index in [4.69, 9.17) is 5.73 Å². The van der Waals surface area contributed by atoms with Crippen molar-refractivity contribution in [1.82, 2.24) is 9.97 Å². The van der Waals surface area contributed by atoms with Crippen LogP contribution in [0.1, 0.15) is 45.9 Å². The third-order valence-electron chi connectivity index (χ3n) is 2.47. The van der Waals surface area contributed by atoms with E-state index in [9.17, 15) is 0 Å². The predicted octanol–water partition coefficient (Wildman–Crippen LogP) is 2.42. The Morgan fingerprint density at radius 1 is 1.31 bits per heavy atom. The minimum Gasteiger partial charge on any atom is -0.384 e. The molecule has 0 spiro atoms. The number of hydrogen-bond acceptors (Lipinski definition) is 4. The predicted molar refractivity (Wildman–Crippen MR) is 68.7 cm³/mol. The number of nitrogen functional groups attached to an aromatic ring is 1. The molecule has 0 atom stereocenters. The largest absolute Gasteiger partial charge is 0.384 e. The number of anilines is 2. The van der Waals surface area contributed by atoms with E-state index in [0.29, 0.717) is 11.7 Å². The Bertz CT molecular complexity index is 336. The van der Waals surface area contributed by atoms with E-state index >= 15 is 0 Å². The van der Waals surface area contributed by atoms with Crippen LogP contribution in [0.2, 0.25) is 0 Å². The molecule has 2 N–H and O–H groups in total. The second-order valence-corrected chi connectivity index (χ2v) is 4.24. The van der Waals surface area contributed by atoms with Gasteiger partial charge in [0.1, 0.15) is 17.5 Å². The van der Waals surface area contributed by atoms with Gasteiger partial charge in [0.2, 0.25) is 0 Å². The monoisotopic (exact) mass is 222 g/mol. The van der Waals surface area contributed by atoms with Crippen molar-refractivity contribution >= 4 is 11.6 Å². The first kappa shape index (κ1) is 12.7. The van der Waals surface area contributed by atoms with Crippen LogP contribution in [0.4, 0.5) is 11.6 Å². The lowest BCUT2D eigenvalue weighted by molar-refractivity contribution is 0.740. The fraction of sp³-hybridized carbons (Fsp3) is 0.667. The minimum atomic E-state index is 0.308. The summed E-state index contributed by atoms with van der Waals surface area (Å²) in [4.78, 5) is 11.0. The summed E-state index contributed by atoms with van der Waals surface area (Å²) in [7, 11) is 0.